The van der Waals surface area contributed by atoms with Gasteiger partial charge in [0.1, 0.15) is 5.82 Å². The number of aryl methyl sites for hydroxylation is 1. The van der Waals surface area contributed by atoms with Crippen LogP contribution in [0, 0.1) is 12.7 Å². The molecule has 0 aliphatic carbocycles. The van der Waals surface area contributed by atoms with Gasteiger partial charge in [-0.2, -0.15) is 0 Å². The van der Waals surface area contributed by atoms with Crippen LogP contribution in [-0.4, -0.2) is 18.9 Å². The molecule has 0 aliphatic rings. The lowest BCUT2D eigenvalue weighted by atomic mass is 10.3. The zero-order valence-electron chi connectivity index (χ0n) is 13.2. The first-order valence-electron chi connectivity index (χ1n) is 7.51. The smallest absolute Gasteiger partial charge is 0.258 e. The second-order valence-electron chi connectivity index (χ2n) is 5.43. The van der Waals surface area contributed by atoms with E-state index in [1.54, 1.807) is 28.9 Å². The van der Waals surface area contributed by atoms with Crippen LogP contribution in [0.3, 0.4) is 0 Å². The van der Waals surface area contributed by atoms with E-state index in [0.29, 0.717) is 22.1 Å². The Hall–Kier alpha value is -2.45. The normalized spacial score (nSPS) is 11.3. The zero-order chi connectivity index (χ0) is 17.4. The van der Waals surface area contributed by atoms with Gasteiger partial charge in [-0.05, 0) is 25.1 Å². The number of hydrogen-bond acceptors (Lipinski definition) is 5. The molecule has 8 heteroatoms. The lowest BCUT2D eigenvalue weighted by Crippen LogP contribution is -2.14. The second kappa shape index (κ2) is 6.45. The molecule has 0 radical (unpaired) electrons. The molecular weight excluding hydrogens is 359 g/mol. The van der Waals surface area contributed by atoms with Crippen LogP contribution in [0.5, 0.6) is 0 Å². The van der Waals surface area contributed by atoms with Crippen molar-refractivity contribution in [1.82, 2.24) is 18.9 Å². The summed E-state index contributed by atoms with van der Waals surface area (Å²) >= 11 is 2.90. The Morgan fingerprint density at radius 3 is 3.04 bits per heavy atom. The molecule has 5 nitrogen and oxygen atoms in total. The van der Waals surface area contributed by atoms with Crippen molar-refractivity contribution in [1.29, 1.82) is 0 Å². The predicted molar refractivity (Wildman–Crippen MR) is 97.2 cm³/mol. The summed E-state index contributed by atoms with van der Waals surface area (Å²) in [7, 11) is 0. The van der Waals surface area contributed by atoms with Gasteiger partial charge in [-0.3, -0.25) is 13.8 Å². The summed E-state index contributed by atoms with van der Waals surface area (Å²) < 4.78 is 16.9. The molecule has 1 aromatic carbocycles. The van der Waals surface area contributed by atoms with E-state index in [0.717, 1.165) is 10.9 Å². The summed E-state index contributed by atoms with van der Waals surface area (Å²) in [6.07, 6.45) is 3.45. The van der Waals surface area contributed by atoms with Crippen molar-refractivity contribution in [2.24, 2.45) is 0 Å². The number of thioether (sulfide) groups is 1. The highest BCUT2D eigenvalue weighted by atomic mass is 32.2. The van der Waals surface area contributed by atoms with E-state index < -0.39 is 0 Å². The van der Waals surface area contributed by atoms with Crippen molar-refractivity contribution >= 4 is 28.1 Å². The van der Waals surface area contributed by atoms with Crippen molar-refractivity contribution in [2.45, 2.75) is 17.8 Å². The molecule has 3 heterocycles. The number of benzene rings is 1. The third kappa shape index (κ3) is 3.10. The van der Waals surface area contributed by atoms with E-state index >= 15 is 0 Å². The molecule has 0 saturated carbocycles. The molecule has 0 N–H and O–H groups in total. The van der Waals surface area contributed by atoms with E-state index in [2.05, 4.69) is 9.97 Å². The van der Waals surface area contributed by atoms with Crippen LogP contribution in [0.15, 0.2) is 58.1 Å². The average molecular weight is 372 g/mol. The molecular formula is C17H13FN4OS2. The van der Waals surface area contributed by atoms with E-state index in [-0.39, 0.29) is 11.4 Å². The van der Waals surface area contributed by atoms with Gasteiger partial charge in [0.25, 0.3) is 5.56 Å². The summed E-state index contributed by atoms with van der Waals surface area (Å²) in [6, 6.07) is 7.89. The number of fused-ring (bicyclic) bond motifs is 1. The van der Waals surface area contributed by atoms with E-state index in [4.69, 9.17) is 0 Å². The fourth-order valence-electron chi connectivity index (χ4n) is 2.53. The third-order valence-corrected chi connectivity index (χ3v) is 5.61. The summed E-state index contributed by atoms with van der Waals surface area (Å²) in [6.45, 7) is 1.89. The fraction of sp³-hybridized carbons (Fsp3) is 0.118. The molecule has 126 valence electrons. The monoisotopic (exact) mass is 372 g/mol. The largest absolute Gasteiger partial charge is 0.295 e. The molecule has 0 aliphatic heterocycles. The second-order valence-corrected chi connectivity index (χ2v) is 7.21. The van der Waals surface area contributed by atoms with Crippen LogP contribution in [0.2, 0.25) is 0 Å². The number of halogens is 1. The number of imidazole rings is 1. The minimum absolute atomic E-state index is 0.0761. The lowest BCUT2D eigenvalue weighted by Gasteiger charge is -2.07. The quantitative estimate of drug-likeness (QED) is 0.513. The average Bonchev–Trinajstić information content (AvgIpc) is 3.20. The summed E-state index contributed by atoms with van der Waals surface area (Å²) in [5.74, 6) is 0.213. The van der Waals surface area contributed by atoms with Gasteiger partial charge in [0, 0.05) is 35.3 Å². The van der Waals surface area contributed by atoms with Crippen LogP contribution in [0.25, 0.3) is 10.6 Å². The van der Waals surface area contributed by atoms with Crippen LogP contribution < -0.4 is 5.56 Å². The minimum atomic E-state index is -0.296. The van der Waals surface area contributed by atoms with Gasteiger partial charge < -0.3 is 0 Å². The number of rotatable bonds is 4. The predicted octanol–water partition coefficient (Wildman–Crippen LogP) is 3.68. The van der Waals surface area contributed by atoms with Crippen LogP contribution in [0.1, 0.15) is 11.4 Å². The summed E-state index contributed by atoms with van der Waals surface area (Å²) in [5.41, 5.74) is 2.22. The maximum atomic E-state index is 13.4. The topological polar surface area (TPSA) is 52.2 Å². The van der Waals surface area contributed by atoms with Crippen LogP contribution in [-0.2, 0) is 5.75 Å². The molecule has 0 spiro atoms. The number of thiazole rings is 1. The Labute approximate surface area is 150 Å². The standard InChI is InChI=1S/C17H13FN4OS2/c1-11-9-24-17-20-13(8-15(23)22(11)17)10-25-16-19-5-6-21(16)14-4-2-3-12(18)7-14/h2-9H,10H2,1H3. The maximum absolute atomic E-state index is 13.4. The lowest BCUT2D eigenvalue weighted by molar-refractivity contribution is 0.626. The molecule has 3 aromatic heterocycles. The molecule has 0 saturated heterocycles. The first-order valence-corrected chi connectivity index (χ1v) is 9.37. The molecule has 0 amide bonds. The van der Waals surface area contributed by atoms with Gasteiger partial charge in [0.15, 0.2) is 10.1 Å². The molecule has 0 fully saturated rings. The van der Waals surface area contributed by atoms with E-state index in [1.165, 1.54) is 35.2 Å². The van der Waals surface area contributed by atoms with E-state index in [9.17, 15) is 9.18 Å². The van der Waals surface area contributed by atoms with Gasteiger partial charge in [-0.1, -0.05) is 17.8 Å². The third-order valence-electron chi connectivity index (χ3n) is 3.67. The summed E-state index contributed by atoms with van der Waals surface area (Å²) in [5, 5.41) is 2.63. The number of aromatic nitrogens is 4. The highest BCUT2D eigenvalue weighted by Gasteiger charge is 2.10. The van der Waals surface area contributed by atoms with E-state index in [1.807, 2.05) is 22.9 Å². The zero-order valence-corrected chi connectivity index (χ0v) is 14.9. The number of hydrogen-bond donors (Lipinski definition) is 0. The van der Waals surface area contributed by atoms with Gasteiger partial charge in [0.05, 0.1) is 11.4 Å². The van der Waals surface area contributed by atoms with Crippen LogP contribution >= 0.6 is 23.1 Å². The summed E-state index contributed by atoms with van der Waals surface area (Å²) in [4.78, 5) is 21.8. The van der Waals surface area contributed by atoms with Crippen LogP contribution in [0.4, 0.5) is 4.39 Å². The SMILES string of the molecule is Cc1csc2nc(CSc3nccn3-c3cccc(F)c3)cc(=O)n12. The van der Waals surface area contributed by atoms with Gasteiger partial charge >= 0.3 is 0 Å². The highest BCUT2D eigenvalue weighted by Crippen LogP contribution is 2.24. The molecule has 0 unspecified atom stereocenters. The Morgan fingerprint density at radius 2 is 2.20 bits per heavy atom. The van der Waals surface area contributed by atoms with Crippen molar-refractivity contribution in [3.8, 4) is 5.69 Å². The van der Waals surface area contributed by atoms with Crippen molar-refractivity contribution in [3.63, 3.8) is 0 Å². The molecule has 0 atom stereocenters. The highest BCUT2D eigenvalue weighted by molar-refractivity contribution is 7.98. The Bertz CT molecular complexity index is 1120. The Balaban J connectivity index is 1.61. The number of nitrogens with zero attached hydrogens (tertiary/aromatic N) is 4. The maximum Gasteiger partial charge on any atom is 0.258 e. The first-order chi connectivity index (χ1) is 12.1. The Kier molecular flexibility index (Phi) is 4.14. The molecule has 0 bridgehead atoms. The fourth-order valence-corrected chi connectivity index (χ4v) is 4.29. The van der Waals surface area contributed by atoms with Gasteiger partial charge in [-0.15, -0.1) is 11.3 Å². The molecule has 25 heavy (non-hydrogen) atoms. The minimum Gasteiger partial charge on any atom is -0.295 e. The molecule has 4 aromatic rings. The first kappa shape index (κ1) is 16.0. The van der Waals surface area contributed by atoms with Gasteiger partial charge in [0.2, 0.25) is 0 Å². The van der Waals surface area contributed by atoms with Gasteiger partial charge in [-0.25, -0.2) is 14.4 Å². The Morgan fingerprint density at radius 1 is 1.32 bits per heavy atom. The van der Waals surface area contributed by atoms with Crippen molar-refractivity contribution in [3.05, 3.63) is 75.7 Å². The van der Waals surface area contributed by atoms with Crippen molar-refractivity contribution < 1.29 is 4.39 Å². The molecule has 4 rings (SSSR count). The van der Waals surface area contributed by atoms with Crippen molar-refractivity contribution in [2.75, 3.05) is 0 Å².